The highest BCUT2D eigenvalue weighted by molar-refractivity contribution is 5.22. The van der Waals surface area contributed by atoms with E-state index in [-0.39, 0.29) is 6.10 Å². The predicted octanol–water partition coefficient (Wildman–Crippen LogP) is 4.15. The zero-order chi connectivity index (χ0) is 15.1. The van der Waals surface area contributed by atoms with E-state index in [2.05, 4.69) is 13.8 Å². The molecule has 2 unspecified atom stereocenters. The van der Waals surface area contributed by atoms with Gasteiger partial charge in [0.05, 0.1) is 6.61 Å². The van der Waals surface area contributed by atoms with Gasteiger partial charge in [-0.15, -0.1) is 0 Å². The number of ether oxygens (including phenoxy) is 2. The van der Waals surface area contributed by atoms with E-state index in [4.69, 9.17) is 9.47 Å². The van der Waals surface area contributed by atoms with Gasteiger partial charge in [0, 0.05) is 6.42 Å². The van der Waals surface area contributed by atoms with Crippen molar-refractivity contribution in [3.05, 3.63) is 30.3 Å². The molecule has 0 amide bonds. The van der Waals surface area contributed by atoms with Gasteiger partial charge in [-0.25, -0.2) is 0 Å². The summed E-state index contributed by atoms with van der Waals surface area (Å²) in [6.45, 7) is 5.12. The molecule has 0 spiro atoms. The molecule has 0 saturated carbocycles. The molecule has 1 N–H and O–H groups in total. The van der Waals surface area contributed by atoms with Crippen LogP contribution >= 0.6 is 0 Å². The normalized spacial score (nSPS) is 20.3. The lowest BCUT2D eigenvalue weighted by molar-refractivity contribution is -0.159. The van der Waals surface area contributed by atoms with Crippen molar-refractivity contribution in [2.24, 2.45) is 5.92 Å². The highest BCUT2D eigenvalue weighted by Gasteiger charge is 2.47. The highest BCUT2D eigenvalue weighted by Crippen LogP contribution is 2.32. The lowest BCUT2D eigenvalue weighted by atomic mass is 10.0. The molecule has 0 radical (unpaired) electrons. The molecule has 1 aliphatic heterocycles. The highest BCUT2D eigenvalue weighted by atomic mass is 16.7. The van der Waals surface area contributed by atoms with Crippen molar-refractivity contribution in [2.75, 3.05) is 6.61 Å². The van der Waals surface area contributed by atoms with Crippen LogP contribution in [0.4, 0.5) is 0 Å². The molecule has 21 heavy (non-hydrogen) atoms. The van der Waals surface area contributed by atoms with Crippen LogP contribution in [0.3, 0.4) is 0 Å². The molecule has 0 bridgehead atoms. The van der Waals surface area contributed by atoms with E-state index in [1.54, 1.807) is 0 Å². The van der Waals surface area contributed by atoms with Crippen molar-refractivity contribution in [1.29, 1.82) is 0 Å². The van der Waals surface area contributed by atoms with Gasteiger partial charge in [0.15, 0.2) is 0 Å². The summed E-state index contributed by atoms with van der Waals surface area (Å²) in [6.07, 6.45) is 6.36. The van der Waals surface area contributed by atoms with Crippen LogP contribution in [0.15, 0.2) is 30.3 Å². The summed E-state index contributed by atoms with van der Waals surface area (Å²) >= 11 is 0. The lowest BCUT2D eigenvalue weighted by Gasteiger charge is -2.27. The fourth-order valence-corrected chi connectivity index (χ4v) is 2.56. The quantitative estimate of drug-likeness (QED) is 0.400. The molecule has 1 heterocycles. The number of hydrogen-bond donors (Lipinski definition) is 1. The van der Waals surface area contributed by atoms with Crippen LogP contribution < -0.4 is 4.74 Å². The van der Waals surface area contributed by atoms with Gasteiger partial charge in [-0.2, -0.15) is 0 Å². The summed E-state index contributed by atoms with van der Waals surface area (Å²) in [5.74, 6) is 0.317. The van der Waals surface area contributed by atoms with Crippen LogP contribution in [-0.4, -0.2) is 23.6 Å². The Bertz CT molecular complexity index is 400. The summed E-state index contributed by atoms with van der Waals surface area (Å²) in [6, 6.07) is 9.51. The number of epoxide rings is 1. The van der Waals surface area contributed by atoms with Gasteiger partial charge >= 0.3 is 0 Å². The van der Waals surface area contributed by atoms with Gasteiger partial charge in [0.1, 0.15) is 11.9 Å². The molecule has 2 atom stereocenters. The first-order valence-electron chi connectivity index (χ1n) is 8.18. The summed E-state index contributed by atoms with van der Waals surface area (Å²) < 4.78 is 11.1. The van der Waals surface area contributed by atoms with Gasteiger partial charge < -0.3 is 14.6 Å². The zero-order valence-electron chi connectivity index (χ0n) is 13.3. The maximum atomic E-state index is 10.7. The maximum absolute atomic E-state index is 10.7. The Morgan fingerprint density at radius 1 is 1.19 bits per heavy atom. The first-order chi connectivity index (χ1) is 10.1. The van der Waals surface area contributed by atoms with E-state index in [0.29, 0.717) is 18.8 Å². The van der Waals surface area contributed by atoms with Crippen LogP contribution in [0.2, 0.25) is 0 Å². The van der Waals surface area contributed by atoms with E-state index >= 15 is 0 Å². The number of hydrogen-bond acceptors (Lipinski definition) is 3. The largest absolute Gasteiger partial charge is 0.460 e. The number of para-hydroxylation sites is 1. The van der Waals surface area contributed by atoms with Crippen LogP contribution in [0.25, 0.3) is 0 Å². The Morgan fingerprint density at radius 2 is 1.86 bits per heavy atom. The van der Waals surface area contributed by atoms with E-state index in [0.717, 1.165) is 18.8 Å². The molecular weight excluding hydrogens is 264 g/mol. The van der Waals surface area contributed by atoms with Gasteiger partial charge in [-0.1, -0.05) is 57.7 Å². The van der Waals surface area contributed by atoms with Crippen molar-refractivity contribution in [1.82, 2.24) is 0 Å². The molecular formula is C18H28O3. The molecule has 2 rings (SSSR count). The van der Waals surface area contributed by atoms with Crippen molar-refractivity contribution < 1.29 is 14.6 Å². The first kappa shape index (κ1) is 16.3. The fraction of sp³-hybridized carbons (Fsp3) is 0.667. The number of unbranched alkanes of at least 4 members (excludes halogenated alkanes) is 3. The average molecular weight is 292 g/mol. The van der Waals surface area contributed by atoms with Gasteiger partial charge in [-0.3, -0.25) is 0 Å². The minimum atomic E-state index is -1.17. The van der Waals surface area contributed by atoms with Crippen LogP contribution in [0, 0.1) is 5.92 Å². The van der Waals surface area contributed by atoms with Crippen LogP contribution in [0.5, 0.6) is 5.75 Å². The second kappa shape index (κ2) is 7.81. The second-order valence-corrected chi connectivity index (χ2v) is 6.43. The minimum absolute atomic E-state index is 0.173. The minimum Gasteiger partial charge on any atom is -0.460 e. The summed E-state index contributed by atoms with van der Waals surface area (Å²) in [5, 5.41) is 10.7. The molecule has 1 aliphatic rings. The number of aliphatic hydroxyl groups is 1. The number of benzene rings is 1. The molecule has 0 aromatic heterocycles. The lowest BCUT2D eigenvalue weighted by Crippen LogP contribution is -2.41. The summed E-state index contributed by atoms with van der Waals surface area (Å²) in [7, 11) is 0. The molecule has 3 nitrogen and oxygen atoms in total. The molecule has 1 fully saturated rings. The topological polar surface area (TPSA) is 42.0 Å². The van der Waals surface area contributed by atoms with Crippen molar-refractivity contribution in [3.63, 3.8) is 0 Å². The van der Waals surface area contributed by atoms with Gasteiger partial charge in [0.2, 0.25) is 5.79 Å². The first-order valence-corrected chi connectivity index (χ1v) is 8.18. The summed E-state index contributed by atoms with van der Waals surface area (Å²) in [4.78, 5) is 0. The van der Waals surface area contributed by atoms with Gasteiger partial charge in [-0.05, 0) is 24.5 Å². The molecule has 1 aromatic rings. The molecule has 3 heteroatoms. The van der Waals surface area contributed by atoms with Crippen LogP contribution in [-0.2, 0) is 4.74 Å². The third-order valence-electron chi connectivity index (χ3n) is 3.94. The Morgan fingerprint density at radius 3 is 2.48 bits per heavy atom. The second-order valence-electron chi connectivity index (χ2n) is 6.43. The molecule has 1 saturated heterocycles. The predicted molar refractivity (Wildman–Crippen MR) is 84.3 cm³/mol. The zero-order valence-corrected chi connectivity index (χ0v) is 13.3. The Hall–Kier alpha value is -1.06. The molecule has 1 aromatic carbocycles. The Kier molecular flexibility index (Phi) is 6.07. The smallest absolute Gasteiger partial charge is 0.236 e. The number of rotatable bonds is 10. The third-order valence-corrected chi connectivity index (χ3v) is 3.94. The van der Waals surface area contributed by atoms with E-state index in [9.17, 15) is 5.11 Å². The van der Waals surface area contributed by atoms with Crippen molar-refractivity contribution in [3.8, 4) is 5.75 Å². The maximum Gasteiger partial charge on any atom is 0.236 e. The Labute approximate surface area is 128 Å². The molecule has 0 aliphatic carbocycles. The van der Waals surface area contributed by atoms with Crippen molar-refractivity contribution >= 4 is 0 Å². The summed E-state index contributed by atoms with van der Waals surface area (Å²) in [5.41, 5.74) is 0. The third kappa shape index (κ3) is 5.68. The average Bonchev–Trinajstić information content (AvgIpc) is 3.28. The van der Waals surface area contributed by atoms with Crippen molar-refractivity contribution in [2.45, 2.75) is 64.3 Å². The standard InChI is InChI=1S/C18H28O3/c1-15(2)10-6-3-4-9-13-18(19,17-14-20-17)21-16-11-7-5-8-12-16/h5,7-8,11-12,15,17,19H,3-4,6,9-10,13-14H2,1-2H3. The van der Waals surface area contributed by atoms with E-state index < -0.39 is 5.79 Å². The van der Waals surface area contributed by atoms with Gasteiger partial charge in [0.25, 0.3) is 0 Å². The monoisotopic (exact) mass is 292 g/mol. The Balaban J connectivity index is 1.74. The SMILES string of the molecule is CC(C)CCCCCCC(O)(Oc1ccccc1)C1CO1. The van der Waals surface area contributed by atoms with Crippen LogP contribution in [0.1, 0.15) is 52.4 Å². The fourth-order valence-electron chi connectivity index (χ4n) is 2.56. The van der Waals surface area contributed by atoms with E-state index in [1.165, 1.54) is 19.3 Å². The molecule has 118 valence electrons. The van der Waals surface area contributed by atoms with E-state index in [1.807, 2.05) is 30.3 Å².